The summed E-state index contributed by atoms with van der Waals surface area (Å²) in [6.07, 6.45) is 1.73. The van der Waals surface area contributed by atoms with Gasteiger partial charge >= 0.3 is 0 Å². The Morgan fingerprint density at radius 1 is 1.22 bits per heavy atom. The predicted octanol–water partition coefficient (Wildman–Crippen LogP) is 5.25. The quantitative estimate of drug-likeness (QED) is 0.332. The second-order valence-corrected chi connectivity index (χ2v) is 7.49. The Morgan fingerprint density at radius 2 is 1.87 bits per heavy atom. The first-order valence-corrected chi connectivity index (χ1v) is 9.22. The average Bonchev–Trinajstić information content (AvgIpc) is 2.50. The van der Waals surface area contributed by atoms with Crippen molar-refractivity contribution in [3.05, 3.63) is 39.6 Å². The number of carbonyl (C=O) groups is 2. The number of hydrogen-bond donors (Lipinski definition) is 1. The molecule has 0 unspecified atom stereocenters. The van der Waals surface area contributed by atoms with Crippen LogP contribution in [0.1, 0.15) is 32.6 Å². The fraction of sp³-hybridized carbons (Fsp3) is 0.412. The lowest BCUT2D eigenvalue weighted by molar-refractivity contribution is -0.125. The molecule has 0 saturated heterocycles. The molecule has 23 heavy (non-hydrogen) atoms. The second-order valence-electron chi connectivity index (χ2n) is 5.51. The van der Waals surface area contributed by atoms with Crippen molar-refractivity contribution >= 4 is 46.5 Å². The Labute approximate surface area is 150 Å². The van der Waals surface area contributed by atoms with E-state index in [0.29, 0.717) is 29.3 Å². The first kappa shape index (κ1) is 18.4. The van der Waals surface area contributed by atoms with Crippen molar-refractivity contribution in [2.24, 2.45) is 5.92 Å². The number of aliphatic hydroxyl groups excluding tert-OH is 1. The molecule has 1 fully saturated rings. The number of carbonyl (C=O) groups excluding carboxylic acids is 2. The van der Waals surface area contributed by atoms with E-state index in [1.165, 1.54) is 0 Å². The van der Waals surface area contributed by atoms with Crippen LogP contribution < -0.4 is 0 Å². The zero-order chi connectivity index (χ0) is 17.0. The average molecular weight is 373 g/mol. The molecule has 0 radical (unpaired) electrons. The number of Topliss-reactive ketones (excluding diaryl/α,β-unsaturated/α-hetero) is 2. The van der Waals surface area contributed by atoms with E-state index in [1.54, 1.807) is 24.8 Å². The summed E-state index contributed by atoms with van der Waals surface area (Å²) in [4.78, 5) is 25.1. The second kappa shape index (κ2) is 8.22. The molecule has 1 saturated carbocycles. The van der Waals surface area contributed by atoms with Crippen LogP contribution in [-0.4, -0.2) is 22.4 Å². The van der Waals surface area contributed by atoms with Crippen molar-refractivity contribution in [1.82, 2.24) is 0 Å². The molecule has 1 aromatic rings. The summed E-state index contributed by atoms with van der Waals surface area (Å²) < 4.78 is 0. The molecule has 1 aliphatic carbocycles. The Hall–Kier alpha value is -0.970. The van der Waals surface area contributed by atoms with Crippen molar-refractivity contribution in [3.63, 3.8) is 0 Å². The van der Waals surface area contributed by atoms with Crippen LogP contribution in [0.25, 0.3) is 0 Å². The van der Waals surface area contributed by atoms with Crippen LogP contribution in [0.3, 0.4) is 0 Å². The minimum Gasteiger partial charge on any atom is -0.511 e. The number of hydrogen-bond acceptors (Lipinski definition) is 4. The van der Waals surface area contributed by atoms with Crippen LogP contribution in [0.15, 0.2) is 34.4 Å². The molecule has 0 spiro atoms. The van der Waals surface area contributed by atoms with E-state index in [-0.39, 0.29) is 28.8 Å². The first-order valence-electron chi connectivity index (χ1n) is 7.48. The summed E-state index contributed by atoms with van der Waals surface area (Å²) in [6, 6.07) is 5.46. The van der Waals surface area contributed by atoms with Gasteiger partial charge in [-0.1, -0.05) is 30.1 Å². The zero-order valence-corrected chi connectivity index (χ0v) is 15.1. The van der Waals surface area contributed by atoms with Crippen molar-refractivity contribution in [1.29, 1.82) is 0 Å². The molecule has 2 rings (SSSR count). The molecular weight excluding hydrogens is 355 g/mol. The van der Waals surface area contributed by atoms with Crippen LogP contribution in [0, 0.1) is 5.92 Å². The van der Waals surface area contributed by atoms with Gasteiger partial charge in [0.05, 0.1) is 15.6 Å². The Morgan fingerprint density at radius 3 is 2.43 bits per heavy atom. The molecule has 3 nitrogen and oxygen atoms in total. The summed E-state index contributed by atoms with van der Waals surface area (Å²) in [5, 5.41) is 10.7. The van der Waals surface area contributed by atoms with Gasteiger partial charge in [-0.3, -0.25) is 9.59 Å². The molecule has 124 valence electrons. The van der Waals surface area contributed by atoms with E-state index >= 15 is 0 Å². The van der Waals surface area contributed by atoms with Gasteiger partial charge in [0.25, 0.3) is 0 Å². The van der Waals surface area contributed by atoms with Crippen molar-refractivity contribution in [3.8, 4) is 0 Å². The Kier molecular flexibility index (Phi) is 6.57. The van der Waals surface area contributed by atoms with E-state index in [0.717, 1.165) is 17.1 Å². The summed E-state index contributed by atoms with van der Waals surface area (Å²) >= 11 is 13.5. The third kappa shape index (κ3) is 4.75. The SMILES string of the molecule is CCC(O)=C1C(=O)CC(CCSc2ccc(Cl)c(Cl)c2)CC1=O. The highest BCUT2D eigenvalue weighted by Crippen LogP contribution is 2.32. The highest BCUT2D eigenvalue weighted by atomic mass is 35.5. The van der Waals surface area contributed by atoms with Gasteiger partial charge in [0.2, 0.25) is 0 Å². The summed E-state index contributed by atoms with van der Waals surface area (Å²) in [5.74, 6) is 0.291. The van der Waals surface area contributed by atoms with Crippen molar-refractivity contribution < 1.29 is 14.7 Å². The fourth-order valence-electron chi connectivity index (χ4n) is 2.57. The Balaban J connectivity index is 1.89. The van der Waals surface area contributed by atoms with Gasteiger partial charge in [-0.25, -0.2) is 0 Å². The number of aliphatic hydroxyl groups is 1. The third-order valence-electron chi connectivity index (χ3n) is 3.82. The topological polar surface area (TPSA) is 54.4 Å². The van der Waals surface area contributed by atoms with Crippen LogP contribution >= 0.6 is 35.0 Å². The Bertz CT molecular complexity index is 635. The third-order valence-corrected chi connectivity index (χ3v) is 5.58. The van der Waals surface area contributed by atoms with Gasteiger partial charge in [0, 0.05) is 24.2 Å². The summed E-state index contributed by atoms with van der Waals surface area (Å²) in [5.41, 5.74) is 0.0147. The number of halogens is 2. The van der Waals surface area contributed by atoms with Crippen LogP contribution in [0.2, 0.25) is 10.0 Å². The van der Waals surface area contributed by atoms with Crippen LogP contribution in [-0.2, 0) is 9.59 Å². The van der Waals surface area contributed by atoms with Crippen molar-refractivity contribution in [2.75, 3.05) is 5.75 Å². The van der Waals surface area contributed by atoms with E-state index in [9.17, 15) is 14.7 Å². The van der Waals surface area contributed by atoms with E-state index in [1.807, 2.05) is 12.1 Å². The molecule has 0 heterocycles. The lowest BCUT2D eigenvalue weighted by Crippen LogP contribution is -2.27. The molecule has 0 atom stereocenters. The van der Waals surface area contributed by atoms with Gasteiger partial charge in [-0.15, -0.1) is 11.8 Å². The van der Waals surface area contributed by atoms with E-state index in [4.69, 9.17) is 23.2 Å². The normalized spacial score (nSPS) is 18.4. The zero-order valence-electron chi connectivity index (χ0n) is 12.8. The molecular formula is C17H18Cl2O3S. The highest BCUT2D eigenvalue weighted by molar-refractivity contribution is 7.99. The molecule has 0 bridgehead atoms. The van der Waals surface area contributed by atoms with Gasteiger partial charge in [0.15, 0.2) is 11.6 Å². The summed E-state index contributed by atoms with van der Waals surface area (Å²) in [6.45, 7) is 1.73. The smallest absolute Gasteiger partial charge is 0.170 e. The van der Waals surface area contributed by atoms with Gasteiger partial charge in [0.1, 0.15) is 5.76 Å². The van der Waals surface area contributed by atoms with Crippen molar-refractivity contribution in [2.45, 2.75) is 37.5 Å². The lowest BCUT2D eigenvalue weighted by atomic mass is 9.81. The van der Waals surface area contributed by atoms with E-state index in [2.05, 4.69) is 0 Å². The van der Waals surface area contributed by atoms with E-state index < -0.39 is 0 Å². The fourth-order valence-corrected chi connectivity index (χ4v) is 3.98. The maximum Gasteiger partial charge on any atom is 0.170 e. The minimum absolute atomic E-state index is 0.0147. The molecule has 6 heteroatoms. The van der Waals surface area contributed by atoms with Crippen LogP contribution in [0.5, 0.6) is 0 Å². The van der Waals surface area contributed by atoms with Gasteiger partial charge < -0.3 is 5.11 Å². The van der Waals surface area contributed by atoms with Crippen LogP contribution in [0.4, 0.5) is 0 Å². The molecule has 1 aromatic carbocycles. The van der Waals surface area contributed by atoms with Gasteiger partial charge in [-0.05, 0) is 36.3 Å². The highest BCUT2D eigenvalue weighted by Gasteiger charge is 2.32. The molecule has 1 aliphatic rings. The monoisotopic (exact) mass is 372 g/mol. The molecule has 0 aliphatic heterocycles. The number of ketones is 2. The standard InChI is InChI=1S/C17H18Cl2O3S/c1-2-14(20)17-15(21)7-10(8-16(17)22)5-6-23-11-3-4-12(18)13(19)9-11/h3-4,9-10,20H,2,5-8H2,1H3. The summed E-state index contributed by atoms with van der Waals surface area (Å²) in [7, 11) is 0. The first-order chi connectivity index (χ1) is 10.9. The number of allylic oxidation sites excluding steroid dienone is 2. The largest absolute Gasteiger partial charge is 0.511 e. The van der Waals surface area contributed by atoms with Gasteiger partial charge in [-0.2, -0.15) is 0 Å². The maximum atomic E-state index is 12.1. The molecule has 1 N–H and O–H groups in total. The molecule has 0 aromatic heterocycles. The number of benzene rings is 1. The molecule has 0 amide bonds. The number of thioether (sulfide) groups is 1. The maximum absolute atomic E-state index is 12.1. The lowest BCUT2D eigenvalue weighted by Gasteiger charge is -2.22. The number of rotatable bonds is 5. The predicted molar refractivity (Wildman–Crippen MR) is 94.5 cm³/mol. The minimum atomic E-state index is -0.231.